The smallest absolute Gasteiger partial charge is 0.160 e. The number of benzene rings is 1. The van der Waals surface area contributed by atoms with Crippen LogP contribution < -0.4 is 0 Å². The van der Waals surface area contributed by atoms with Crippen molar-refractivity contribution in [3.8, 4) is 5.69 Å². The molecule has 4 heterocycles. The van der Waals surface area contributed by atoms with Gasteiger partial charge in [-0.25, -0.2) is 0 Å². The van der Waals surface area contributed by atoms with E-state index in [0.29, 0.717) is 6.04 Å². The molecule has 0 amide bonds. The lowest BCUT2D eigenvalue weighted by atomic mass is 9.95. The Morgan fingerprint density at radius 1 is 1.13 bits per heavy atom. The second kappa shape index (κ2) is 7.78. The number of hydrogen-bond donors (Lipinski definition) is 0. The van der Waals surface area contributed by atoms with E-state index in [9.17, 15) is 0 Å². The van der Waals surface area contributed by atoms with Gasteiger partial charge in [0.15, 0.2) is 5.17 Å². The quantitative estimate of drug-likeness (QED) is 0.493. The topological polar surface area (TPSA) is 33.4 Å². The number of hydrogen-bond acceptors (Lipinski definition) is 4. The summed E-state index contributed by atoms with van der Waals surface area (Å²) in [6.45, 7) is 6.65. The average molecular weight is 437 g/mol. The lowest BCUT2D eigenvalue weighted by Crippen LogP contribution is -2.35. The highest BCUT2D eigenvalue weighted by Gasteiger charge is 2.46. The van der Waals surface area contributed by atoms with E-state index in [2.05, 4.69) is 59.5 Å². The first-order valence-corrected chi connectivity index (χ1v) is 11.8. The van der Waals surface area contributed by atoms with E-state index < -0.39 is 0 Å². The number of rotatable bonds is 4. The lowest BCUT2D eigenvalue weighted by molar-refractivity contribution is 0.254. The fourth-order valence-electron chi connectivity index (χ4n) is 4.79. The monoisotopic (exact) mass is 436 g/mol. The van der Waals surface area contributed by atoms with Crippen molar-refractivity contribution in [2.24, 2.45) is 4.99 Å². The molecule has 1 saturated heterocycles. The number of nitrogens with zero attached hydrogens (tertiary/aromatic N) is 4. The summed E-state index contributed by atoms with van der Waals surface area (Å²) < 4.78 is 2.30. The van der Waals surface area contributed by atoms with Gasteiger partial charge >= 0.3 is 0 Å². The van der Waals surface area contributed by atoms with Crippen LogP contribution in [0.3, 0.4) is 0 Å². The van der Waals surface area contributed by atoms with Crippen molar-refractivity contribution in [3.63, 3.8) is 0 Å². The average Bonchev–Trinajstić information content (AvgIpc) is 3.40. The number of amidine groups is 1. The molecule has 3 aromatic rings. The van der Waals surface area contributed by atoms with E-state index in [1.807, 2.05) is 42.2 Å². The van der Waals surface area contributed by atoms with Gasteiger partial charge < -0.3 is 9.47 Å². The Kier molecular flexibility index (Phi) is 5.11. The van der Waals surface area contributed by atoms with Crippen LogP contribution in [0.5, 0.6) is 0 Å². The fourth-order valence-corrected chi connectivity index (χ4v) is 6.31. The number of halogens is 1. The molecule has 2 aliphatic heterocycles. The van der Waals surface area contributed by atoms with Crippen LogP contribution in [0.4, 0.5) is 0 Å². The van der Waals surface area contributed by atoms with E-state index in [4.69, 9.17) is 16.6 Å². The van der Waals surface area contributed by atoms with Gasteiger partial charge in [0.25, 0.3) is 0 Å². The maximum atomic E-state index is 6.30. The molecule has 3 atom stereocenters. The van der Waals surface area contributed by atoms with Crippen LogP contribution in [0.15, 0.2) is 59.7 Å². The molecule has 0 saturated carbocycles. The second-order valence-electron chi connectivity index (χ2n) is 7.98. The van der Waals surface area contributed by atoms with E-state index in [-0.39, 0.29) is 12.1 Å². The number of pyridine rings is 1. The van der Waals surface area contributed by atoms with Gasteiger partial charge in [0, 0.05) is 40.1 Å². The standard InChI is InChI=1S/C24H25ClN4S/c1-4-18-14-30-24-27-22(21-10-5-6-11-26-21)23(29(18)24)20-12-15(2)28(16(20)3)19-9-7-8-17(25)13-19/h5-13,18,22-23H,4,14H2,1-3H3/t18-,22-,23+/m1/s1. The number of aliphatic imine (C=N–C) groups is 1. The van der Waals surface area contributed by atoms with Crippen molar-refractivity contribution in [3.05, 3.63) is 82.4 Å². The maximum Gasteiger partial charge on any atom is 0.160 e. The second-order valence-corrected chi connectivity index (χ2v) is 9.40. The highest BCUT2D eigenvalue weighted by Crippen LogP contribution is 2.49. The SMILES string of the molecule is CC[C@@H]1CSC2=N[C@H](c3ccccn3)[C@H](c3cc(C)n(-c4cccc(Cl)c4)c3C)N21. The molecule has 0 bridgehead atoms. The van der Waals surface area contributed by atoms with E-state index in [1.54, 1.807) is 0 Å². The van der Waals surface area contributed by atoms with Gasteiger partial charge in [-0.2, -0.15) is 0 Å². The summed E-state index contributed by atoms with van der Waals surface area (Å²) in [5, 5.41) is 1.91. The third kappa shape index (κ3) is 3.15. The highest BCUT2D eigenvalue weighted by atomic mass is 35.5. The predicted molar refractivity (Wildman–Crippen MR) is 126 cm³/mol. The molecular weight excluding hydrogens is 412 g/mol. The molecule has 2 aromatic heterocycles. The molecule has 0 N–H and O–H groups in total. The van der Waals surface area contributed by atoms with Crippen LogP contribution in [0.1, 0.15) is 48.1 Å². The predicted octanol–water partition coefficient (Wildman–Crippen LogP) is 6.12. The van der Waals surface area contributed by atoms with Crippen molar-refractivity contribution in [2.75, 3.05) is 5.75 Å². The summed E-state index contributed by atoms with van der Waals surface area (Å²) in [4.78, 5) is 12.4. The minimum atomic E-state index is 0.0105. The summed E-state index contributed by atoms with van der Waals surface area (Å²) in [5.41, 5.74) is 5.90. The summed E-state index contributed by atoms with van der Waals surface area (Å²) in [6.07, 6.45) is 2.99. The molecule has 1 fully saturated rings. The highest BCUT2D eigenvalue weighted by molar-refractivity contribution is 8.14. The first-order chi connectivity index (χ1) is 14.6. The Hall–Kier alpha value is -2.24. The summed E-state index contributed by atoms with van der Waals surface area (Å²) in [6, 6.07) is 17.2. The van der Waals surface area contributed by atoms with Gasteiger partial charge in [-0.05, 0) is 62.2 Å². The third-order valence-electron chi connectivity index (χ3n) is 6.18. The lowest BCUT2D eigenvalue weighted by Gasteiger charge is -2.32. The fraction of sp³-hybridized carbons (Fsp3) is 0.333. The molecule has 4 nitrogen and oxygen atoms in total. The largest absolute Gasteiger partial charge is 0.338 e. The van der Waals surface area contributed by atoms with Crippen LogP contribution >= 0.6 is 23.4 Å². The molecule has 30 heavy (non-hydrogen) atoms. The Bertz CT molecular complexity index is 1110. The molecule has 0 unspecified atom stereocenters. The summed E-state index contributed by atoms with van der Waals surface area (Å²) >= 11 is 8.18. The molecule has 1 aromatic carbocycles. The number of fused-ring (bicyclic) bond motifs is 1. The Morgan fingerprint density at radius 3 is 2.73 bits per heavy atom. The molecule has 154 valence electrons. The summed E-state index contributed by atoms with van der Waals surface area (Å²) in [5.74, 6) is 1.10. The number of aryl methyl sites for hydroxylation is 1. The van der Waals surface area contributed by atoms with Crippen LogP contribution in [-0.4, -0.2) is 31.4 Å². The van der Waals surface area contributed by atoms with Crippen LogP contribution in [0.2, 0.25) is 5.02 Å². The minimum absolute atomic E-state index is 0.0105. The normalized spacial score (nSPS) is 23.0. The van der Waals surface area contributed by atoms with Crippen LogP contribution in [-0.2, 0) is 0 Å². The summed E-state index contributed by atoms with van der Waals surface area (Å²) in [7, 11) is 0. The molecule has 5 rings (SSSR count). The van der Waals surface area contributed by atoms with Crippen molar-refractivity contribution < 1.29 is 0 Å². The molecular formula is C24H25ClN4S. The van der Waals surface area contributed by atoms with Gasteiger partial charge in [0.1, 0.15) is 6.04 Å². The van der Waals surface area contributed by atoms with Crippen molar-refractivity contribution in [2.45, 2.75) is 45.3 Å². The van der Waals surface area contributed by atoms with Crippen LogP contribution in [0, 0.1) is 13.8 Å². The van der Waals surface area contributed by atoms with Gasteiger partial charge in [-0.15, -0.1) is 0 Å². The zero-order chi connectivity index (χ0) is 20.8. The molecule has 0 spiro atoms. The Balaban J connectivity index is 1.64. The van der Waals surface area contributed by atoms with E-state index in [1.165, 1.54) is 17.0 Å². The Morgan fingerprint density at radius 2 is 2.00 bits per heavy atom. The van der Waals surface area contributed by atoms with Crippen LogP contribution in [0.25, 0.3) is 5.69 Å². The minimum Gasteiger partial charge on any atom is -0.338 e. The molecule has 0 aliphatic carbocycles. The maximum absolute atomic E-state index is 6.30. The van der Waals surface area contributed by atoms with Crippen molar-refractivity contribution in [1.29, 1.82) is 0 Å². The first-order valence-electron chi connectivity index (χ1n) is 10.4. The zero-order valence-electron chi connectivity index (χ0n) is 17.4. The van der Waals surface area contributed by atoms with E-state index in [0.717, 1.165) is 33.7 Å². The van der Waals surface area contributed by atoms with Crippen molar-refractivity contribution >= 4 is 28.5 Å². The molecule has 6 heteroatoms. The van der Waals surface area contributed by atoms with Gasteiger partial charge in [0.2, 0.25) is 0 Å². The van der Waals surface area contributed by atoms with E-state index >= 15 is 0 Å². The first kappa shape index (κ1) is 19.7. The molecule has 0 radical (unpaired) electrons. The van der Waals surface area contributed by atoms with Gasteiger partial charge in [-0.1, -0.05) is 42.4 Å². The zero-order valence-corrected chi connectivity index (χ0v) is 19.0. The Labute approximate surface area is 187 Å². The third-order valence-corrected chi connectivity index (χ3v) is 7.55. The van der Waals surface area contributed by atoms with Crippen molar-refractivity contribution in [1.82, 2.24) is 14.5 Å². The number of aromatic nitrogens is 2. The van der Waals surface area contributed by atoms with Gasteiger partial charge in [0.05, 0.1) is 11.7 Å². The van der Waals surface area contributed by atoms with Gasteiger partial charge in [-0.3, -0.25) is 9.98 Å². The molecule has 2 aliphatic rings. The number of thioether (sulfide) groups is 1.